The van der Waals surface area contributed by atoms with Gasteiger partial charge < -0.3 is 15.5 Å². The molecule has 0 spiro atoms. The highest BCUT2D eigenvalue weighted by molar-refractivity contribution is 5.84. The van der Waals surface area contributed by atoms with E-state index in [-0.39, 0.29) is 18.4 Å². The first-order valence-electron chi connectivity index (χ1n) is 6.69. The lowest BCUT2D eigenvalue weighted by Gasteiger charge is -2.29. The second-order valence-corrected chi connectivity index (χ2v) is 5.21. The SMILES string of the molecule is CNC(=O)CN(C)C(=O)CC(C)C1CCCNC1. The van der Waals surface area contributed by atoms with Gasteiger partial charge >= 0.3 is 0 Å². The molecule has 0 aromatic heterocycles. The molecule has 18 heavy (non-hydrogen) atoms. The molecule has 0 aromatic rings. The van der Waals surface area contributed by atoms with Crippen LogP contribution in [0.5, 0.6) is 0 Å². The summed E-state index contributed by atoms with van der Waals surface area (Å²) in [6, 6.07) is 0. The summed E-state index contributed by atoms with van der Waals surface area (Å²) >= 11 is 0. The molecular formula is C13H25N3O2. The van der Waals surface area contributed by atoms with Gasteiger partial charge in [-0.15, -0.1) is 0 Å². The first-order valence-corrected chi connectivity index (χ1v) is 6.69. The predicted molar refractivity (Wildman–Crippen MR) is 71.1 cm³/mol. The molecule has 5 nitrogen and oxygen atoms in total. The number of amides is 2. The minimum absolute atomic E-state index is 0.0525. The molecule has 1 rings (SSSR count). The molecule has 1 heterocycles. The Labute approximate surface area is 109 Å². The van der Waals surface area contributed by atoms with Crippen LogP contribution in [0.2, 0.25) is 0 Å². The number of carbonyl (C=O) groups is 2. The molecule has 1 aliphatic heterocycles. The van der Waals surface area contributed by atoms with Gasteiger partial charge in [0.05, 0.1) is 6.54 Å². The van der Waals surface area contributed by atoms with E-state index in [1.807, 2.05) is 0 Å². The van der Waals surface area contributed by atoms with Crippen molar-refractivity contribution in [2.45, 2.75) is 26.2 Å². The van der Waals surface area contributed by atoms with Gasteiger partial charge in [0.15, 0.2) is 0 Å². The molecule has 0 aliphatic carbocycles. The highest BCUT2D eigenvalue weighted by atomic mass is 16.2. The summed E-state index contributed by atoms with van der Waals surface area (Å²) in [4.78, 5) is 24.7. The largest absolute Gasteiger partial charge is 0.358 e. The lowest BCUT2D eigenvalue weighted by molar-refractivity contribution is -0.135. The summed E-state index contributed by atoms with van der Waals surface area (Å²) < 4.78 is 0. The highest BCUT2D eigenvalue weighted by Gasteiger charge is 2.23. The highest BCUT2D eigenvalue weighted by Crippen LogP contribution is 2.22. The van der Waals surface area contributed by atoms with Gasteiger partial charge in [0, 0.05) is 20.5 Å². The standard InChI is InChI=1S/C13H25N3O2/c1-10(11-5-4-6-15-8-11)7-13(18)16(3)9-12(17)14-2/h10-11,15H,4-9H2,1-3H3,(H,14,17). The number of nitrogens with zero attached hydrogens (tertiary/aromatic N) is 1. The van der Waals surface area contributed by atoms with Crippen molar-refractivity contribution >= 4 is 11.8 Å². The first kappa shape index (κ1) is 15.0. The van der Waals surface area contributed by atoms with Crippen LogP contribution in [0.4, 0.5) is 0 Å². The van der Waals surface area contributed by atoms with E-state index in [1.165, 1.54) is 17.7 Å². The van der Waals surface area contributed by atoms with Crippen LogP contribution in [0, 0.1) is 11.8 Å². The Bertz CT molecular complexity index is 288. The van der Waals surface area contributed by atoms with Crippen molar-refractivity contribution in [1.29, 1.82) is 0 Å². The van der Waals surface area contributed by atoms with Crippen molar-refractivity contribution < 1.29 is 9.59 Å². The molecule has 5 heteroatoms. The summed E-state index contributed by atoms with van der Waals surface area (Å²) in [6.45, 7) is 4.37. The molecule has 0 saturated carbocycles. The molecular weight excluding hydrogens is 230 g/mol. The normalized spacial score (nSPS) is 21.2. The zero-order valence-corrected chi connectivity index (χ0v) is 11.7. The number of likely N-dealkylation sites (N-methyl/N-ethyl adjacent to an activating group) is 2. The summed E-state index contributed by atoms with van der Waals surface area (Å²) in [5.74, 6) is 0.878. The molecule has 2 atom stereocenters. The summed E-state index contributed by atoms with van der Waals surface area (Å²) in [7, 11) is 3.26. The van der Waals surface area contributed by atoms with Crippen LogP contribution in [0.1, 0.15) is 26.2 Å². The van der Waals surface area contributed by atoms with Crippen LogP contribution in [0.15, 0.2) is 0 Å². The van der Waals surface area contributed by atoms with E-state index in [0.717, 1.165) is 13.1 Å². The molecule has 2 unspecified atom stereocenters. The Hall–Kier alpha value is -1.10. The van der Waals surface area contributed by atoms with Gasteiger partial charge in [0.2, 0.25) is 11.8 Å². The zero-order chi connectivity index (χ0) is 13.5. The molecule has 0 bridgehead atoms. The van der Waals surface area contributed by atoms with Gasteiger partial charge in [-0.05, 0) is 37.8 Å². The molecule has 0 radical (unpaired) electrons. The number of piperidine rings is 1. The van der Waals surface area contributed by atoms with E-state index >= 15 is 0 Å². The Morgan fingerprint density at radius 1 is 1.50 bits per heavy atom. The van der Waals surface area contributed by atoms with Crippen LogP contribution < -0.4 is 10.6 Å². The molecule has 2 N–H and O–H groups in total. The quantitative estimate of drug-likeness (QED) is 0.738. The minimum Gasteiger partial charge on any atom is -0.358 e. The van der Waals surface area contributed by atoms with Crippen LogP contribution in [-0.2, 0) is 9.59 Å². The first-order chi connectivity index (χ1) is 8.54. The molecule has 104 valence electrons. The fourth-order valence-electron chi connectivity index (χ4n) is 2.35. The second-order valence-electron chi connectivity index (χ2n) is 5.21. The minimum atomic E-state index is -0.127. The smallest absolute Gasteiger partial charge is 0.239 e. The maximum atomic E-state index is 12.0. The summed E-state index contributed by atoms with van der Waals surface area (Å²) in [5, 5.41) is 5.90. The Morgan fingerprint density at radius 2 is 2.22 bits per heavy atom. The molecule has 1 aliphatic rings. The summed E-state index contributed by atoms with van der Waals surface area (Å²) in [5.41, 5.74) is 0. The number of rotatable bonds is 5. The van der Waals surface area contributed by atoms with Crippen LogP contribution in [0.3, 0.4) is 0 Å². The van der Waals surface area contributed by atoms with Crippen molar-refractivity contribution in [2.75, 3.05) is 33.7 Å². The van der Waals surface area contributed by atoms with E-state index in [9.17, 15) is 9.59 Å². The maximum Gasteiger partial charge on any atom is 0.239 e. The van der Waals surface area contributed by atoms with Crippen molar-refractivity contribution in [3.05, 3.63) is 0 Å². The van der Waals surface area contributed by atoms with Crippen molar-refractivity contribution in [3.63, 3.8) is 0 Å². The maximum absolute atomic E-state index is 12.0. The van der Waals surface area contributed by atoms with E-state index in [1.54, 1.807) is 14.1 Å². The average Bonchev–Trinajstić information content (AvgIpc) is 2.39. The lowest BCUT2D eigenvalue weighted by Crippen LogP contribution is -2.39. The van der Waals surface area contributed by atoms with Crippen molar-refractivity contribution in [1.82, 2.24) is 15.5 Å². The zero-order valence-electron chi connectivity index (χ0n) is 11.7. The average molecular weight is 255 g/mol. The third-order valence-corrected chi connectivity index (χ3v) is 3.72. The van der Waals surface area contributed by atoms with Gasteiger partial charge in [-0.25, -0.2) is 0 Å². The van der Waals surface area contributed by atoms with Gasteiger partial charge in [0.1, 0.15) is 0 Å². The fraction of sp³-hybridized carbons (Fsp3) is 0.846. The van der Waals surface area contributed by atoms with Gasteiger partial charge in [-0.3, -0.25) is 9.59 Å². The molecule has 2 amide bonds. The Kier molecular flexibility index (Phi) is 6.12. The van der Waals surface area contributed by atoms with Gasteiger partial charge in [0.25, 0.3) is 0 Å². The summed E-state index contributed by atoms with van der Waals surface area (Å²) in [6.07, 6.45) is 2.91. The van der Waals surface area contributed by atoms with Crippen molar-refractivity contribution in [3.8, 4) is 0 Å². The monoisotopic (exact) mass is 255 g/mol. The Morgan fingerprint density at radius 3 is 2.78 bits per heavy atom. The van der Waals surface area contributed by atoms with Crippen LogP contribution in [0.25, 0.3) is 0 Å². The molecule has 1 saturated heterocycles. The van der Waals surface area contributed by atoms with Crippen LogP contribution >= 0.6 is 0 Å². The van der Waals surface area contributed by atoms with E-state index in [2.05, 4.69) is 17.6 Å². The molecule has 1 fully saturated rings. The third-order valence-electron chi connectivity index (χ3n) is 3.72. The van der Waals surface area contributed by atoms with Gasteiger partial charge in [-0.1, -0.05) is 6.92 Å². The fourth-order valence-corrected chi connectivity index (χ4v) is 2.35. The van der Waals surface area contributed by atoms with E-state index < -0.39 is 0 Å². The number of carbonyl (C=O) groups excluding carboxylic acids is 2. The van der Waals surface area contributed by atoms with E-state index in [4.69, 9.17) is 0 Å². The van der Waals surface area contributed by atoms with Gasteiger partial charge in [-0.2, -0.15) is 0 Å². The second kappa shape index (κ2) is 7.36. The lowest BCUT2D eigenvalue weighted by atomic mass is 9.85. The van der Waals surface area contributed by atoms with E-state index in [0.29, 0.717) is 18.3 Å². The predicted octanol–water partition coefficient (Wildman–Crippen LogP) is 0.217. The van der Waals surface area contributed by atoms with Crippen molar-refractivity contribution in [2.24, 2.45) is 11.8 Å². The number of nitrogens with one attached hydrogen (secondary N) is 2. The number of hydrogen-bond donors (Lipinski definition) is 2. The topological polar surface area (TPSA) is 61.4 Å². The molecule has 0 aromatic carbocycles. The van der Waals surface area contributed by atoms with Crippen LogP contribution in [-0.4, -0.2) is 50.4 Å². The third kappa shape index (κ3) is 4.64. The number of hydrogen-bond acceptors (Lipinski definition) is 3. The Balaban J connectivity index is 2.35.